The van der Waals surface area contributed by atoms with Crippen molar-refractivity contribution in [3.63, 3.8) is 0 Å². The van der Waals surface area contributed by atoms with Crippen LogP contribution in [0.3, 0.4) is 0 Å². The second-order valence-electron chi connectivity index (χ2n) is 11.3. The van der Waals surface area contributed by atoms with E-state index in [0.717, 1.165) is 29.8 Å². The van der Waals surface area contributed by atoms with Crippen LogP contribution in [0.5, 0.6) is 11.5 Å². The SMILES string of the molecule is CN(C(=O)/C=C/c1ccoc1)C1CC[C@@]2(O)[C@H]3C(O)c4ccc(O)c5c4[C@@]2(CCN3CC2CC2)C1O5. The number of carbonyl (C=O) groups excluding carboxylic acids is 1. The fourth-order valence-electron chi connectivity index (χ4n) is 7.73. The second-order valence-corrected chi connectivity index (χ2v) is 11.3. The van der Waals surface area contributed by atoms with Crippen molar-refractivity contribution in [2.24, 2.45) is 5.92 Å². The summed E-state index contributed by atoms with van der Waals surface area (Å²) in [5.74, 6) is 0.833. The van der Waals surface area contributed by atoms with E-state index in [9.17, 15) is 20.1 Å². The standard InChI is InChI=1S/C28H32N2O6/c1-29(21(32)7-4-17-9-13-35-15-17)19-8-10-28(34)25-23(33)18-5-6-20(31)24-22(18)27(28,26(19)36-24)11-12-30(25)14-16-2-3-16/h4-7,9,13,15-16,19,23,25-26,31,33-34H,2-3,8,10-12,14H2,1H3/b7-4+/t19?,23?,25-,26?,27+,28-/m1/s1. The van der Waals surface area contributed by atoms with Crippen molar-refractivity contribution in [1.29, 1.82) is 0 Å². The molecule has 1 aromatic heterocycles. The molecule has 36 heavy (non-hydrogen) atoms. The third-order valence-corrected chi connectivity index (χ3v) is 9.58. The summed E-state index contributed by atoms with van der Waals surface area (Å²) in [5.41, 5.74) is 0.258. The molecule has 1 spiro atoms. The molecular weight excluding hydrogens is 460 g/mol. The van der Waals surface area contributed by atoms with Crippen LogP contribution < -0.4 is 4.74 Å². The number of benzene rings is 1. The number of ether oxygens (including phenoxy) is 1. The molecule has 8 heteroatoms. The Morgan fingerprint density at radius 1 is 1.25 bits per heavy atom. The number of nitrogens with zero attached hydrogens (tertiary/aromatic N) is 2. The number of rotatable bonds is 5. The lowest BCUT2D eigenvalue weighted by molar-refractivity contribution is -0.223. The number of likely N-dealkylation sites (tertiary alicyclic amines) is 1. The average molecular weight is 493 g/mol. The van der Waals surface area contributed by atoms with Crippen molar-refractivity contribution in [2.45, 2.75) is 67.4 Å². The number of piperidine rings is 1. The van der Waals surface area contributed by atoms with Crippen LogP contribution in [0.1, 0.15) is 54.9 Å². The van der Waals surface area contributed by atoms with Crippen LogP contribution in [0.2, 0.25) is 0 Å². The summed E-state index contributed by atoms with van der Waals surface area (Å²) in [6, 6.07) is 4.41. The van der Waals surface area contributed by atoms with Crippen molar-refractivity contribution in [2.75, 3.05) is 20.1 Å². The summed E-state index contributed by atoms with van der Waals surface area (Å²) < 4.78 is 11.6. The summed E-state index contributed by atoms with van der Waals surface area (Å²) in [5, 5.41) is 34.9. The Balaban J connectivity index is 1.30. The van der Waals surface area contributed by atoms with Crippen LogP contribution in [0.15, 0.2) is 41.2 Å². The van der Waals surface area contributed by atoms with E-state index >= 15 is 0 Å². The Hall–Kier alpha value is -2.81. The third kappa shape index (κ3) is 2.83. The molecule has 2 aliphatic heterocycles. The van der Waals surface area contributed by atoms with Gasteiger partial charge in [0.1, 0.15) is 6.10 Å². The fraction of sp³-hybridized carbons (Fsp3) is 0.536. The summed E-state index contributed by atoms with van der Waals surface area (Å²) in [4.78, 5) is 17.2. The first-order valence-electron chi connectivity index (χ1n) is 13.0. The number of amides is 1. The van der Waals surface area contributed by atoms with Gasteiger partial charge < -0.3 is 29.4 Å². The van der Waals surface area contributed by atoms with Crippen LogP contribution in [-0.2, 0) is 10.2 Å². The summed E-state index contributed by atoms with van der Waals surface area (Å²) in [7, 11) is 1.78. The zero-order chi connectivity index (χ0) is 24.8. The highest BCUT2D eigenvalue weighted by Gasteiger charge is 2.75. The van der Waals surface area contributed by atoms with Gasteiger partial charge in [-0.1, -0.05) is 6.07 Å². The number of carbonyl (C=O) groups is 1. The lowest BCUT2D eigenvalue weighted by Crippen LogP contribution is -2.79. The highest BCUT2D eigenvalue weighted by atomic mass is 16.5. The number of phenolic OH excluding ortho intramolecular Hbond substituents is 1. The van der Waals surface area contributed by atoms with Gasteiger partial charge in [-0.05, 0) is 68.3 Å². The fourth-order valence-corrected chi connectivity index (χ4v) is 7.73. The van der Waals surface area contributed by atoms with Crippen LogP contribution >= 0.6 is 0 Å². The Labute approximate surface area is 209 Å². The van der Waals surface area contributed by atoms with Crippen molar-refractivity contribution in [3.05, 3.63) is 53.5 Å². The van der Waals surface area contributed by atoms with E-state index in [1.807, 2.05) is 0 Å². The van der Waals surface area contributed by atoms with Gasteiger partial charge in [0.05, 0.1) is 41.7 Å². The maximum atomic E-state index is 13.2. The molecule has 1 aromatic carbocycles. The average Bonchev–Trinajstić information content (AvgIpc) is 3.38. The zero-order valence-electron chi connectivity index (χ0n) is 20.3. The number of hydrogen-bond donors (Lipinski definition) is 3. The molecule has 6 atom stereocenters. The molecule has 1 saturated heterocycles. The number of phenols is 1. The van der Waals surface area contributed by atoms with Crippen molar-refractivity contribution >= 4 is 12.0 Å². The molecule has 190 valence electrons. The minimum atomic E-state index is -1.22. The largest absolute Gasteiger partial charge is 0.504 e. The minimum absolute atomic E-state index is 0.0125. The second kappa shape index (κ2) is 7.60. The van der Waals surface area contributed by atoms with Crippen molar-refractivity contribution in [1.82, 2.24) is 9.80 Å². The number of aliphatic hydroxyl groups is 2. The minimum Gasteiger partial charge on any atom is -0.504 e. The molecule has 5 aliphatic rings. The monoisotopic (exact) mass is 492 g/mol. The van der Waals surface area contributed by atoms with Gasteiger partial charge in [-0.3, -0.25) is 9.69 Å². The van der Waals surface area contributed by atoms with Gasteiger partial charge in [0.2, 0.25) is 5.91 Å². The predicted molar refractivity (Wildman–Crippen MR) is 130 cm³/mol. The molecule has 3 unspecified atom stereocenters. The highest BCUT2D eigenvalue weighted by molar-refractivity contribution is 5.92. The van der Waals surface area contributed by atoms with Crippen molar-refractivity contribution < 1.29 is 29.3 Å². The number of likely N-dealkylation sites (N-methyl/N-ethyl adjacent to an activating group) is 1. The van der Waals surface area contributed by atoms with Crippen molar-refractivity contribution in [3.8, 4) is 11.5 Å². The quantitative estimate of drug-likeness (QED) is 0.551. The van der Waals surface area contributed by atoms with Gasteiger partial charge in [-0.25, -0.2) is 0 Å². The van der Waals surface area contributed by atoms with E-state index in [4.69, 9.17) is 9.15 Å². The topological polar surface area (TPSA) is 107 Å². The van der Waals surface area contributed by atoms with Gasteiger partial charge in [0, 0.05) is 30.8 Å². The van der Waals surface area contributed by atoms with Gasteiger partial charge in [-0.15, -0.1) is 0 Å². The normalized spacial score (nSPS) is 36.5. The van der Waals surface area contributed by atoms with E-state index in [2.05, 4.69) is 4.90 Å². The zero-order valence-corrected chi connectivity index (χ0v) is 20.3. The van der Waals surface area contributed by atoms with Crippen LogP contribution in [-0.4, -0.2) is 75.0 Å². The molecule has 2 saturated carbocycles. The Morgan fingerprint density at radius 2 is 2.08 bits per heavy atom. The van der Waals surface area contributed by atoms with Gasteiger partial charge in [0.25, 0.3) is 0 Å². The summed E-state index contributed by atoms with van der Waals surface area (Å²) in [6.07, 6.45) is 9.02. The molecule has 8 nitrogen and oxygen atoms in total. The summed E-state index contributed by atoms with van der Waals surface area (Å²) >= 11 is 0. The first-order chi connectivity index (χ1) is 17.3. The first-order valence-corrected chi connectivity index (χ1v) is 13.0. The Morgan fingerprint density at radius 3 is 2.83 bits per heavy atom. The lowest BCUT2D eigenvalue weighted by Gasteiger charge is -2.65. The molecule has 0 radical (unpaired) electrons. The van der Waals surface area contributed by atoms with E-state index in [-0.39, 0.29) is 17.7 Å². The maximum Gasteiger partial charge on any atom is 0.246 e. The lowest BCUT2D eigenvalue weighted by atomic mass is 9.47. The molecule has 3 aliphatic carbocycles. The molecule has 2 aromatic rings. The van der Waals surface area contributed by atoms with Gasteiger partial charge in [0.15, 0.2) is 11.5 Å². The Kier molecular flexibility index (Phi) is 4.73. The van der Waals surface area contributed by atoms with E-state index in [0.29, 0.717) is 30.9 Å². The number of hydrogen-bond acceptors (Lipinski definition) is 7. The number of aliphatic hydroxyl groups excluding tert-OH is 1. The van der Waals surface area contributed by atoms with E-state index in [1.54, 1.807) is 48.7 Å². The molecule has 3 N–H and O–H groups in total. The summed E-state index contributed by atoms with van der Waals surface area (Å²) in [6.45, 7) is 1.62. The number of furan rings is 1. The van der Waals surface area contributed by atoms with Gasteiger partial charge >= 0.3 is 0 Å². The molecule has 7 rings (SSSR count). The smallest absolute Gasteiger partial charge is 0.246 e. The molecule has 3 heterocycles. The van der Waals surface area contributed by atoms with Crippen LogP contribution in [0, 0.1) is 5.92 Å². The van der Waals surface area contributed by atoms with Crippen LogP contribution in [0.4, 0.5) is 0 Å². The highest BCUT2D eigenvalue weighted by Crippen LogP contribution is 2.67. The molecular formula is C28H32N2O6. The third-order valence-electron chi connectivity index (χ3n) is 9.58. The maximum absolute atomic E-state index is 13.2. The number of aromatic hydroxyl groups is 1. The molecule has 3 fully saturated rings. The molecule has 1 amide bonds. The van der Waals surface area contributed by atoms with Gasteiger partial charge in [-0.2, -0.15) is 0 Å². The molecule has 2 bridgehead atoms. The van der Waals surface area contributed by atoms with E-state index < -0.39 is 29.3 Å². The van der Waals surface area contributed by atoms with Crippen LogP contribution in [0.25, 0.3) is 6.08 Å². The van der Waals surface area contributed by atoms with E-state index in [1.165, 1.54) is 18.9 Å². The predicted octanol–water partition coefficient (Wildman–Crippen LogP) is 2.58. The first kappa shape index (κ1) is 22.4. The Bertz CT molecular complexity index is 1240.